The summed E-state index contributed by atoms with van der Waals surface area (Å²) in [5, 5.41) is 3.01. The Bertz CT molecular complexity index is 1370. The molecule has 0 radical (unpaired) electrons. The summed E-state index contributed by atoms with van der Waals surface area (Å²) in [6.45, 7) is 3.51. The summed E-state index contributed by atoms with van der Waals surface area (Å²) in [6.07, 6.45) is 0.0517. The Morgan fingerprint density at radius 2 is 1.75 bits per heavy atom. The van der Waals surface area contributed by atoms with E-state index in [0.29, 0.717) is 11.4 Å². The molecule has 1 aliphatic rings. The van der Waals surface area contributed by atoms with Gasteiger partial charge in [0.2, 0.25) is 0 Å². The molecule has 0 saturated heterocycles. The van der Waals surface area contributed by atoms with Crippen molar-refractivity contribution in [3.05, 3.63) is 100 Å². The maximum atomic E-state index is 13.1. The number of nitrogens with zero attached hydrogens (tertiary/aromatic N) is 2. The zero-order chi connectivity index (χ0) is 25.1. The fourth-order valence-electron chi connectivity index (χ4n) is 4.17. The molecule has 0 fully saturated rings. The number of aromatic nitrogens is 1. The number of ether oxygens (including phenoxy) is 2. The van der Waals surface area contributed by atoms with Gasteiger partial charge in [0.25, 0.3) is 5.91 Å². The van der Waals surface area contributed by atoms with Gasteiger partial charge in [-0.15, -0.1) is 11.3 Å². The second kappa shape index (κ2) is 10.3. The molecule has 2 atom stereocenters. The molecule has 1 aromatic heterocycles. The molecule has 2 heterocycles. The lowest BCUT2D eigenvalue weighted by Crippen LogP contribution is -2.51. The van der Waals surface area contributed by atoms with Crippen molar-refractivity contribution in [2.45, 2.75) is 39.0 Å². The van der Waals surface area contributed by atoms with Crippen LogP contribution in [0.25, 0.3) is 11.3 Å². The first-order valence-corrected chi connectivity index (χ1v) is 12.7. The van der Waals surface area contributed by atoms with E-state index in [0.717, 1.165) is 28.2 Å². The van der Waals surface area contributed by atoms with Crippen molar-refractivity contribution in [2.75, 3.05) is 4.90 Å². The Balaban J connectivity index is 1.39. The van der Waals surface area contributed by atoms with Crippen molar-refractivity contribution in [3.63, 3.8) is 0 Å². The number of fused-ring (bicyclic) bond motifs is 1. The molecule has 0 aliphatic carbocycles. The minimum Gasteiger partial charge on any atom is -0.479 e. The van der Waals surface area contributed by atoms with Gasteiger partial charge in [-0.25, -0.2) is 9.78 Å². The fourth-order valence-corrected chi connectivity index (χ4v) is 5.01. The first-order valence-electron chi connectivity index (χ1n) is 11.8. The van der Waals surface area contributed by atoms with E-state index in [1.54, 1.807) is 25.2 Å². The van der Waals surface area contributed by atoms with Crippen LogP contribution in [0.15, 0.2) is 84.2 Å². The number of anilines is 1. The third-order valence-electron chi connectivity index (χ3n) is 6.11. The van der Waals surface area contributed by atoms with Gasteiger partial charge >= 0.3 is 5.97 Å². The van der Waals surface area contributed by atoms with Crippen LogP contribution in [-0.2, 0) is 27.4 Å². The summed E-state index contributed by atoms with van der Waals surface area (Å²) in [5.74, 6) is -0.211. The molecule has 2 unspecified atom stereocenters. The standard InChI is InChI=1S/C29H26N2O4S/c1-19(29(33)34-17-22-11-7-4-8-12-22)31-25-16-23(13-14-26(25)35-20(2)28(31)32)24-18-36-27(30-24)15-21-9-5-3-6-10-21/h3-14,16,18-20H,15,17H2,1-2H3. The lowest BCUT2D eigenvalue weighted by atomic mass is 10.1. The first-order chi connectivity index (χ1) is 17.5. The van der Waals surface area contributed by atoms with Gasteiger partial charge in [0.15, 0.2) is 6.10 Å². The highest BCUT2D eigenvalue weighted by atomic mass is 32.1. The summed E-state index contributed by atoms with van der Waals surface area (Å²) in [6, 6.07) is 24.5. The van der Waals surface area contributed by atoms with Crippen molar-refractivity contribution in [1.82, 2.24) is 4.98 Å². The quantitative estimate of drug-likeness (QED) is 0.308. The summed E-state index contributed by atoms with van der Waals surface area (Å²) in [5.41, 5.74) is 4.30. The predicted octanol–water partition coefficient (Wildman–Crippen LogP) is 5.65. The highest BCUT2D eigenvalue weighted by Crippen LogP contribution is 2.39. The molecule has 0 N–H and O–H groups in total. The molecule has 1 aliphatic heterocycles. The minimum atomic E-state index is -0.814. The van der Waals surface area contributed by atoms with Crippen LogP contribution in [0, 0.1) is 0 Å². The van der Waals surface area contributed by atoms with Crippen LogP contribution < -0.4 is 9.64 Å². The number of benzene rings is 3. The van der Waals surface area contributed by atoms with E-state index in [9.17, 15) is 9.59 Å². The van der Waals surface area contributed by atoms with E-state index in [2.05, 4.69) is 12.1 Å². The lowest BCUT2D eigenvalue weighted by molar-refractivity contribution is -0.147. The number of hydrogen-bond donors (Lipinski definition) is 0. The molecule has 6 nitrogen and oxygen atoms in total. The SMILES string of the molecule is CC1Oc2ccc(-c3csc(Cc4ccccc4)n3)cc2N(C(C)C(=O)OCc2ccccc2)C1=O. The molecular weight excluding hydrogens is 472 g/mol. The van der Waals surface area contributed by atoms with Gasteiger partial charge in [0.1, 0.15) is 18.4 Å². The van der Waals surface area contributed by atoms with Crippen molar-refractivity contribution >= 4 is 28.9 Å². The molecule has 7 heteroatoms. The van der Waals surface area contributed by atoms with Crippen LogP contribution in [0.3, 0.4) is 0 Å². The molecule has 4 aromatic rings. The molecular formula is C29H26N2O4S. The number of rotatable bonds is 7. The largest absolute Gasteiger partial charge is 0.479 e. The van der Waals surface area contributed by atoms with Crippen molar-refractivity contribution in [1.29, 1.82) is 0 Å². The van der Waals surface area contributed by atoms with E-state index in [1.165, 1.54) is 10.5 Å². The fraction of sp³-hybridized carbons (Fsp3) is 0.207. The normalized spacial score (nSPS) is 15.7. The number of carbonyl (C=O) groups is 2. The smallest absolute Gasteiger partial charge is 0.329 e. The van der Waals surface area contributed by atoms with Gasteiger partial charge in [0, 0.05) is 17.4 Å². The Kier molecular flexibility index (Phi) is 6.82. The Morgan fingerprint density at radius 1 is 1.06 bits per heavy atom. The van der Waals surface area contributed by atoms with Crippen LogP contribution >= 0.6 is 11.3 Å². The second-order valence-corrected chi connectivity index (χ2v) is 9.65. The first kappa shape index (κ1) is 23.8. The van der Waals surface area contributed by atoms with Gasteiger partial charge in [-0.1, -0.05) is 60.7 Å². The van der Waals surface area contributed by atoms with E-state index < -0.39 is 18.1 Å². The van der Waals surface area contributed by atoms with Gasteiger partial charge in [-0.3, -0.25) is 9.69 Å². The Morgan fingerprint density at radius 3 is 2.47 bits per heavy atom. The molecule has 36 heavy (non-hydrogen) atoms. The second-order valence-electron chi connectivity index (χ2n) is 8.71. The van der Waals surface area contributed by atoms with Gasteiger partial charge in [-0.2, -0.15) is 0 Å². The lowest BCUT2D eigenvalue weighted by Gasteiger charge is -2.36. The van der Waals surface area contributed by atoms with Gasteiger partial charge in [-0.05, 0) is 43.2 Å². The van der Waals surface area contributed by atoms with E-state index in [1.807, 2.05) is 72.1 Å². The Hall–Kier alpha value is -3.97. The molecule has 0 saturated carbocycles. The van der Waals surface area contributed by atoms with Crippen LogP contribution in [-0.4, -0.2) is 29.0 Å². The van der Waals surface area contributed by atoms with Crippen LogP contribution in [0.5, 0.6) is 5.75 Å². The van der Waals surface area contributed by atoms with Crippen LogP contribution in [0.2, 0.25) is 0 Å². The highest BCUT2D eigenvalue weighted by molar-refractivity contribution is 7.10. The molecule has 1 amide bonds. The zero-order valence-corrected chi connectivity index (χ0v) is 20.9. The highest BCUT2D eigenvalue weighted by Gasteiger charge is 2.38. The molecule has 5 rings (SSSR count). The predicted molar refractivity (Wildman–Crippen MR) is 140 cm³/mol. The van der Waals surface area contributed by atoms with Crippen LogP contribution in [0.1, 0.15) is 30.0 Å². The minimum absolute atomic E-state index is 0.147. The summed E-state index contributed by atoms with van der Waals surface area (Å²) in [4.78, 5) is 32.4. The number of hydrogen-bond acceptors (Lipinski definition) is 6. The van der Waals surface area contributed by atoms with Crippen molar-refractivity contribution in [2.24, 2.45) is 0 Å². The summed E-state index contributed by atoms with van der Waals surface area (Å²) in [7, 11) is 0. The summed E-state index contributed by atoms with van der Waals surface area (Å²) >= 11 is 1.60. The third-order valence-corrected chi connectivity index (χ3v) is 6.95. The molecule has 0 bridgehead atoms. The van der Waals surface area contributed by atoms with Gasteiger partial charge in [0.05, 0.1) is 16.4 Å². The topological polar surface area (TPSA) is 68.7 Å². The van der Waals surface area contributed by atoms with E-state index in [4.69, 9.17) is 14.5 Å². The molecule has 182 valence electrons. The number of esters is 1. The van der Waals surface area contributed by atoms with Crippen LogP contribution in [0.4, 0.5) is 5.69 Å². The van der Waals surface area contributed by atoms with Crippen molar-refractivity contribution < 1.29 is 19.1 Å². The molecule has 3 aromatic carbocycles. The Labute approximate surface area is 214 Å². The number of thiazole rings is 1. The van der Waals surface area contributed by atoms with Crippen molar-refractivity contribution in [3.8, 4) is 17.0 Å². The number of carbonyl (C=O) groups excluding carboxylic acids is 2. The monoisotopic (exact) mass is 498 g/mol. The van der Waals surface area contributed by atoms with E-state index >= 15 is 0 Å². The zero-order valence-electron chi connectivity index (χ0n) is 20.1. The average molecular weight is 499 g/mol. The summed E-state index contributed by atoms with van der Waals surface area (Å²) < 4.78 is 11.4. The average Bonchev–Trinajstić information content (AvgIpc) is 3.37. The van der Waals surface area contributed by atoms with Gasteiger partial charge < -0.3 is 9.47 Å². The maximum Gasteiger partial charge on any atom is 0.329 e. The molecule has 0 spiro atoms. The number of amides is 1. The van der Waals surface area contributed by atoms with E-state index in [-0.39, 0.29) is 12.5 Å². The third kappa shape index (κ3) is 5.02. The maximum absolute atomic E-state index is 13.1.